The lowest BCUT2D eigenvalue weighted by Gasteiger charge is -2.43. The van der Waals surface area contributed by atoms with Crippen LogP contribution in [0.2, 0.25) is 0 Å². The molecule has 5 nitrogen and oxygen atoms in total. The van der Waals surface area contributed by atoms with Gasteiger partial charge in [0.05, 0.1) is 20.2 Å². The van der Waals surface area contributed by atoms with E-state index in [0.717, 1.165) is 23.6 Å². The number of benzene rings is 1. The van der Waals surface area contributed by atoms with Crippen LogP contribution in [0.3, 0.4) is 0 Å². The van der Waals surface area contributed by atoms with E-state index in [1.807, 2.05) is 23.1 Å². The van der Waals surface area contributed by atoms with E-state index < -0.39 is 6.10 Å². The van der Waals surface area contributed by atoms with E-state index in [0.29, 0.717) is 18.7 Å². The second-order valence-corrected chi connectivity index (χ2v) is 10.8. The van der Waals surface area contributed by atoms with E-state index in [2.05, 4.69) is 26.1 Å². The van der Waals surface area contributed by atoms with Gasteiger partial charge in [-0.2, -0.15) is 0 Å². The molecule has 0 aromatic heterocycles. The highest BCUT2D eigenvalue weighted by atomic mass is 16.5. The lowest BCUT2D eigenvalue weighted by molar-refractivity contribution is -0.972. The van der Waals surface area contributed by atoms with Crippen molar-refractivity contribution in [2.45, 2.75) is 89.2 Å². The average Bonchev–Trinajstić information content (AvgIpc) is 2.78. The van der Waals surface area contributed by atoms with E-state index in [1.54, 1.807) is 7.11 Å². The zero-order chi connectivity index (χ0) is 22.3. The van der Waals surface area contributed by atoms with E-state index in [4.69, 9.17) is 9.47 Å². The molecule has 1 aliphatic heterocycles. The first kappa shape index (κ1) is 24.3. The minimum atomic E-state index is -0.466. The van der Waals surface area contributed by atoms with E-state index in [9.17, 15) is 5.11 Å². The molecule has 2 fully saturated rings. The normalized spacial score (nSPS) is 20.9. The van der Waals surface area contributed by atoms with Crippen LogP contribution in [0.25, 0.3) is 0 Å². The molecule has 0 spiro atoms. The molecule has 0 bridgehead atoms. The highest BCUT2D eigenvalue weighted by Crippen LogP contribution is 2.34. The number of piperidine rings is 1. The van der Waals surface area contributed by atoms with Crippen molar-refractivity contribution in [3.05, 3.63) is 23.8 Å². The molecule has 1 saturated carbocycles. The molecule has 1 heterocycles. The minimum absolute atomic E-state index is 0.0501. The van der Waals surface area contributed by atoms with Gasteiger partial charge < -0.3 is 24.8 Å². The van der Waals surface area contributed by atoms with Crippen molar-refractivity contribution in [1.82, 2.24) is 0 Å². The summed E-state index contributed by atoms with van der Waals surface area (Å²) in [7, 11) is 1.69. The van der Waals surface area contributed by atoms with Crippen LogP contribution in [-0.4, -0.2) is 56.6 Å². The summed E-state index contributed by atoms with van der Waals surface area (Å²) in [6.07, 6.45) is 10.5. The Morgan fingerprint density at radius 3 is 2.39 bits per heavy atom. The molecule has 1 aromatic rings. The maximum absolute atomic E-state index is 10.6. The van der Waals surface area contributed by atoms with Crippen molar-refractivity contribution in [3.63, 3.8) is 0 Å². The van der Waals surface area contributed by atoms with Gasteiger partial charge in [-0.15, -0.1) is 0 Å². The van der Waals surface area contributed by atoms with E-state index >= 15 is 0 Å². The number of rotatable bonds is 9. The maximum Gasteiger partial charge on any atom is 0.147 e. The lowest BCUT2D eigenvalue weighted by atomic mass is 9.79. The van der Waals surface area contributed by atoms with Crippen molar-refractivity contribution < 1.29 is 24.8 Å². The monoisotopic (exact) mass is 434 g/mol. The predicted octanol–water partition coefficient (Wildman–Crippen LogP) is 2.07. The van der Waals surface area contributed by atoms with Crippen molar-refractivity contribution in [1.29, 1.82) is 0 Å². The molecule has 4 N–H and O–H groups in total. The smallest absolute Gasteiger partial charge is 0.147 e. The summed E-state index contributed by atoms with van der Waals surface area (Å²) >= 11 is 0. The molecular weight excluding hydrogens is 388 g/mol. The Labute approximate surface area is 189 Å². The van der Waals surface area contributed by atoms with Crippen LogP contribution in [-0.2, 0) is 5.41 Å². The number of hydrogen-bond acceptors (Lipinski definition) is 3. The van der Waals surface area contributed by atoms with Gasteiger partial charge in [-0.3, -0.25) is 0 Å². The molecule has 1 aromatic carbocycles. The van der Waals surface area contributed by atoms with Crippen LogP contribution in [0.1, 0.15) is 77.7 Å². The molecule has 176 valence electrons. The Morgan fingerprint density at radius 2 is 1.74 bits per heavy atom. The first-order valence-electron chi connectivity index (χ1n) is 12.5. The molecule has 1 aliphatic carbocycles. The van der Waals surface area contributed by atoms with Crippen molar-refractivity contribution in [3.8, 4) is 11.5 Å². The Hall–Kier alpha value is -1.30. The first-order chi connectivity index (χ1) is 14.8. The second-order valence-electron chi connectivity index (χ2n) is 10.8. The van der Waals surface area contributed by atoms with Gasteiger partial charge in [-0.1, -0.05) is 27.2 Å². The Morgan fingerprint density at radius 1 is 1.06 bits per heavy atom. The molecule has 2 aliphatic rings. The van der Waals surface area contributed by atoms with Crippen LogP contribution in [0.4, 0.5) is 0 Å². The second kappa shape index (κ2) is 11.0. The van der Waals surface area contributed by atoms with Crippen LogP contribution in [0.15, 0.2) is 18.2 Å². The summed E-state index contributed by atoms with van der Waals surface area (Å²) in [6.45, 7) is 11.4. The number of ether oxygens (including phenoxy) is 2. The van der Waals surface area contributed by atoms with Gasteiger partial charge in [-0.25, -0.2) is 0 Å². The summed E-state index contributed by atoms with van der Waals surface area (Å²) in [4.78, 5) is 1.84. The summed E-state index contributed by atoms with van der Waals surface area (Å²) < 4.78 is 11.5. The lowest BCUT2D eigenvalue weighted by Crippen LogP contribution is -3.24. The fourth-order valence-electron chi connectivity index (χ4n) is 5.59. The average molecular weight is 435 g/mol. The number of nitrogens with two attached hydrogens (primary N) is 1. The van der Waals surface area contributed by atoms with E-state index in [1.165, 1.54) is 64.5 Å². The number of quaternary nitrogens is 2. The molecule has 0 radical (unpaired) electrons. The third kappa shape index (κ3) is 6.59. The van der Waals surface area contributed by atoms with Crippen molar-refractivity contribution in [2.24, 2.45) is 0 Å². The summed E-state index contributed by atoms with van der Waals surface area (Å²) in [5.74, 6) is 1.68. The molecule has 0 unspecified atom stereocenters. The number of aliphatic hydroxyl groups is 1. The number of methoxy groups -OCH3 is 1. The maximum atomic E-state index is 10.6. The highest BCUT2D eigenvalue weighted by molar-refractivity contribution is 5.44. The predicted molar refractivity (Wildman–Crippen MR) is 125 cm³/mol. The number of aliphatic hydroxyl groups excluding tert-OH is 1. The van der Waals surface area contributed by atoms with Gasteiger partial charge in [0, 0.05) is 18.4 Å². The number of likely N-dealkylation sites (tertiary alicyclic amines) is 1. The zero-order valence-corrected chi connectivity index (χ0v) is 20.3. The number of hydrogen-bond donors (Lipinski definition) is 3. The molecule has 5 heteroatoms. The summed E-state index contributed by atoms with van der Waals surface area (Å²) in [5, 5.41) is 13.0. The molecule has 3 rings (SSSR count). The first-order valence-corrected chi connectivity index (χ1v) is 12.5. The number of nitrogens with one attached hydrogen (secondary N) is 1. The summed E-state index contributed by atoms with van der Waals surface area (Å²) in [6, 6.07) is 5.94. The van der Waals surface area contributed by atoms with Gasteiger partial charge in [0.25, 0.3) is 0 Å². The van der Waals surface area contributed by atoms with Crippen LogP contribution >= 0.6 is 0 Å². The van der Waals surface area contributed by atoms with Crippen LogP contribution < -0.4 is 19.7 Å². The fraction of sp³-hybridized carbons (Fsp3) is 0.769. The SMILES string of the molecule is COc1ccc(OC[C@@H](O)C[NH2+]CC2([NH+]3CCCCC3)CCCCC2)c(C(C)(C)C)c1. The molecule has 0 amide bonds. The molecule has 1 atom stereocenters. The third-order valence-electron chi connectivity index (χ3n) is 7.42. The van der Waals surface area contributed by atoms with Crippen LogP contribution in [0.5, 0.6) is 11.5 Å². The molecule has 1 saturated heterocycles. The van der Waals surface area contributed by atoms with Crippen LogP contribution in [0, 0.1) is 0 Å². The molecular formula is C26H46N2O3+2. The largest absolute Gasteiger partial charge is 0.497 e. The van der Waals surface area contributed by atoms with E-state index in [-0.39, 0.29) is 5.41 Å². The Bertz CT molecular complexity index is 674. The Balaban J connectivity index is 1.52. The standard InChI is InChI=1S/C26H44N2O3/c1-25(2,3)23-17-22(30-4)11-12-24(23)31-19-21(29)18-27-20-26(13-7-5-8-14-26)28-15-9-6-10-16-28/h11-12,17,21,27,29H,5-10,13-16,18-20H2,1-4H3/p+2/t21-/m0/s1. The topological polar surface area (TPSA) is 59.7 Å². The van der Waals surface area contributed by atoms with Gasteiger partial charge >= 0.3 is 0 Å². The van der Waals surface area contributed by atoms with Gasteiger partial charge in [0.2, 0.25) is 0 Å². The minimum Gasteiger partial charge on any atom is -0.497 e. The highest BCUT2D eigenvalue weighted by Gasteiger charge is 2.43. The zero-order valence-electron chi connectivity index (χ0n) is 20.3. The fourth-order valence-corrected chi connectivity index (χ4v) is 5.59. The van der Waals surface area contributed by atoms with Crippen molar-refractivity contribution in [2.75, 3.05) is 39.9 Å². The quantitative estimate of drug-likeness (QED) is 0.558. The van der Waals surface area contributed by atoms with Gasteiger partial charge in [0.1, 0.15) is 42.8 Å². The summed E-state index contributed by atoms with van der Waals surface area (Å²) in [5.41, 5.74) is 1.48. The van der Waals surface area contributed by atoms with Gasteiger partial charge in [0.15, 0.2) is 0 Å². The van der Waals surface area contributed by atoms with Gasteiger partial charge in [-0.05, 0) is 55.7 Å². The van der Waals surface area contributed by atoms with Crippen molar-refractivity contribution >= 4 is 0 Å². The third-order valence-corrected chi connectivity index (χ3v) is 7.42. The molecule has 31 heavy (non-hydrogen) atoms. The Kier molecular flexibility index (Phi) is 8.65.